The van der Waals surface area contributed by atoms with Crippen LogP contribution in [0.25, 0.3) is 5.65 Å². The van der Waals surface area contributed by atoms with Crippen LogP contribution >= 0.6 is 0 Å². The third-order valence-electron chi connectivity index (χ3n) is 3.18. The van der Waals surface area contributed by atoms with Gasteiger partial charge in [0, 0.05) is 12.4 Å². The fourth-order valence-corrected chi connectivity index (χ4v) is 2.13. The van der Waals surface area contributed by atoms with Crippen LogP contribution in [0.4, 0.5) is 19.0 Å². The van der Waals surface area contributed by atoms with Gasteiger partial charge in [-0.25, -0.2) is 4.98 Å². The molecule has 0 aromatic carbocycles. The second-order valence-corrected chi connectivity index (χ2v) is 4.78. The highest BCUT2D eigenvalue weighted by molar-refractivity contribution is 5.42. The van der Waals surface area contributed by atoms with E-state index in [4.69, 9.17) is 0 Å². The van der Waals surface area contributed by atoms with Crippen LogP contribution in [0.1, 0.15) is 24.4 Å². The van der Waals surface area contributed by atoms with Gasteiger partial charge in [0.15, 0.2) is 11.5 Å². The average molecular weight is 307 g/mol. The van der Waals surface area contributed by atoms with Gasteiger partial charge in [0.25, 0.3) is 0 Å². The molecule has 3 aromatic rings. The summed E-state index contributed by atoms with van der Waals surface area (Å²) in [7, 11) is 0. The maximum atomic E-state index is 12.7. The highest BCUT2D eigenvalue weighted by atomic mass is 19.4. The predicted molar refractivity (Wildman–Crippen MR) is 74.3 cm³/mol. The zero-order valence-electron chi connectivity index (χ0n) is 11.5. The number of nitrogens with zero attached hydrogens (tertiary/aromatic N) is 4. The van der Waals surface area contributed by atoms with Crippen LogP contribution < -0.4 is 5.32 Å². The average Bonchev–Trinajstić information content (AvgIpc) is 2.90. The van der Waals surface area contributed by atoms with Gasteiger partial charge in [0.05, 0.1) is 11.6 Å². The van der Waals surface area contributed by atoms with Crippen LogP contribution in [0.15, 0.2) is 42.7 Å². The number of hydrogen-bond donors (Lipinski definition) is 1. The number of rotatable bonds is 3. The summed E-state index contributed by atoms with van der Waals surface area (Å²) in [6.07, 6.45) is -1.48. The molecule has 0 radical (unpaired) electrons. The van der Waals surface area contributed by atoms with Crippen LogP contribution in [0.5, 0.6) is 0 Å². The molecule has 0 aliphatic rings. The maximum Gasteiger partial charge on any atom is 0.416 e. The largest absolute Gasteiger partial charge is 0.416 e. The van der Waals surface area contributed by atoms with Crippen molar-refractivity contribution in [3.63, 3.8) is 0 Å². The van der Waals surface area contributed by atoms with Crippen LogP contribution in [0, 0.1) is 0 Å². The van der Waals surface area contributed by atoms with E-state index in [1.54, 1.807) is 23.6 Å². The Labute approximate surface area is 123 Å². The number of fused-ring (bicyclic) bond motifs is 1. The normalized spacial score (nSPS) is 13.3. The van der Waals surface area contributed by atoms with Crippen molar-refractivity contribution in [3.8, 4) is 0 Å². The lowest BCUT2D eigenvalue weighted by molar-refractivity contribution is -0.137. The monoisotopic (exact) mass is 307 g/mol. The van der Waals surface area contributed by atoms with E-state index in [2.05, 4.69) is 20.5 Å². The summed E-state index contributed by atoms with van der Waals surface area (Å²) in [5.41, 5.74) is -0.0774. The third-order valence-corrected chi connectivity index (χ3v) is 3.18. The Hall–Kier alpha value is -2.64. The van der Waals surface area contributed by atoms with Crippen molar-refractivity contribution >= 4 is 11.5 Å². The zero-order valence-corrected chi connectivity index (χ0v) is 11.5. The van der Waals surface area contributed by atoms with Gasteiger partial charge in [-0.15, -0.1) is 10.2 Å². The second kappa shape index (κ2) is 5.28. The van der Waals surface area contributed by atoms with E-state index in [9.17, 15) is 13.2 Å². The summed E-state index contributed by atoms with van der Waals surface area (Å²) in [6, 6.07) is 7.01. The molecule has 1 N–H and O–H groups in total. The Morgan fingerprint density at radius 3 is 2.77 bits per heavy atom. The maximum absolute atomic E-state index is 12.7. The quantitative estimate of drug-likeness (QED) is 0.806. The molecule has 22 heavy (non-hydrogen) atoms. The first-order valence-electron chi connectivity index (χ1n) is 6.54. The van der Waals surface area contributed by atoms with E-state index in [0.29, 0.717) is 11.5 Å². The van der Waals surface area contributed by atoms with Crippen molar-refractivity contribution in [1.82, 2.24) is 19.6 Å². The summed E-state index contributed by atoms with van der Waals surface area (Å²) in [4.78, 5) is 3.91. The number of pyridine rings is 2. The Morgan fingerprint density at radius 2 is 2.00 bits per heavy atom. The van der Waals surface area contributed by atoms with Crippen molar-refractivity contribution in [1.29, 1.82) is 0 Å². The first kappa shape index (κ1) is 14.3. The minimum Gasteiger partial charge on any atom is -0.360 e. The molecule has 1 unspecified atom stereocenters. The standard InChI is InChI=1S/C14H12F3N5/c1-9(13-21-20-12-4-2-3-7-22(12)13)19-11-8-10(5-6-18-11)14(15,16)17/h2-9H,1H3,(H,18,19). The lowest BCUT2D eigenvalue weighted by Crippen LogP contribution is -2.13. The fourth-order valence-electron chi connectivity index (χ4n) is 2.13. The van der Waals surface area contributed by atoms with E-state index in [1.807, 2.05) is 12.1 Å². The fraction of sp³-hybridized carbons (Fsp3) is 0.214. The van der Waals surface area contributed by atoms with Gasteiger partial charge in [-0.1, -0.05) is 6.07 Å². The Balaban J connectivity index is 1.87. The van der Waals surface area contributed by atoms with Gasteiger partial charge in [-0.05, 0) is 31.2 Å². The number of aromatic nitrogens is 4. The molecule has 0 aliphatic heterocycles. The smallest absolute Gasteiger partial charge is 0.360 e. The minimum absolute atomic E-state index is 0.134. The number of hydrogen-bond acceptors (Lipinski definition) is 4. The molecule has 114 valence electrons. The van der Waals surface area contributed by atoms with Crippen LogP contribution in [-0.4, -0.2) is 19.6 Å². The van der Waals surface area contributed by atoms with Crippen molar-refractivity contribution in [2.45, 2.75) is 19.1 Å². The Kier molecular flexibility index (Phi) is 3.44. The topological polar surface area (TPSA) is 55.1 Å². The molecule has 0 bridgehead atoms. The van der Waals surface area contributed by atoms with Crippen LogP contribution in [-0.2, 0) is 6.18 Å². The lowest BCUT2D eigenvalue weighted by Gasteiger charge is -2.14. The van der Waals surface area contributed by atoms with Crippen molar-refractivity contribution in [3.05, 3.63) is 54.1 Å². The van der Waals surface area contributed by atoms with E-state index < -0.39 is 11.7 Å². The molecule has 0 saturated carbocycles. The van der Waals surface area contributed by atoms with Crippen LogP contribution in [0.2, 0.25) is 0 Å². The minimum atomic E-state index is -4.40. The summed E-state index contributed by atoms with van der Waals surface area (Å²) >= 11 is 0. The molecule has 5 nitrogen and oxygen atoms in total. The second-order valence-electron chi connectivity index (χ2n) is 4.78. The van der Waals surface area contributed by atoms with Gasteiger partial charge in [-0.2, -0.15) is 13.2 Å². The molecular formula is C14H12F3N5. The number of anilines is 1. The van der Waals surface area contributed by atoms with Gasteiger partial charge in [0.2, 0.25) is 0 Å². The van der Waals surface area contributed by atoms with Gasteiger partial charge in [-0.3, -0.25) is 4.40 Å². The summed E-state index contributed by atoms with van der Waals surface area (Å²) < 4.78 is 39.9. The molecule has 3 heterocycles. The summed E-state index contributed by atoms with van der Waals surface area (Å²) in [5.74, 6) is 0.727. The molecule has 3 aromatic heterocycles. The van der Waals surface area contributed by atoms with E-state index in [0.717, 1.165) is 18.3 Å². The Bertz CT molecular complexity index is 796. The molecule has 0 spiro atoms. The number of nitrogens with one attached hydrogen (secondary N) is 1. The van der Waals surface area contributed by atoms with E-state index in [-0.39, 0.29) is 11.9 Å². The SMILES string of the molecule is CC(Nc1cc(C(F)(F)F)ccn1)c1nnc2ccccn12. The highest BCUT2D eigenvalue weighted by Crippen LogP contribution is 2.30. The van der Waals surface area contributed by atoms with Crippen molar-refractivity contribution in [2.75, 3.05) is 5.32 Å². The summed E-state index contributed by atoms with van der Waals surface area (Å²) in [6.45, 7) is 1.78. The van der Waals surface area contributed by atoms with Crippen molar-refractivity contribution < 1.29 is 13.2 Å². The molecule has 0 saturated heterocycles. The molecule has 3 rings (SSSR count). The summed E-state index contributed by atoms with van der Waals surface area (Å²) in [5, 5.41) is 11.0. The molecular weight excluding hydrogens is 295 g/mol. The molecule has 0 amide bonds. The van der Waals surface area contributed by atoms with Gasteiger partial charge >= 0.3 is 6.18 Å². The molecule has 0 fully saturated rings. The first-order valence-corrected chi connectivity index (χ1v) is 6.54. The van der Waals surface area contributed by atoms with Gasteiger partial charge in [0.1, 0.15) is 5.82 Å². The molecule has 8 heteroatoms. The first-order chi connectivity index (χ1) is 10.4. The lowest BCUT2D eigenvalue weighted by atomic mass is 10.2. The third kappa shape index (κ3) is 2.72. The van der Waals surface area contributed by atoms with E-state index >= 15 is 0 Å². The number of halogens is 3. The molecule has 1 atom stereocenters. The molecule has 0 aliphatic carbocycles. The number of alkyl halides is 3. The van der Waals surface area contributed by atoms with Crippen molar-refractivity contribution in [2.24, 2.45) is 0 Å². The Morgan fingerprint density at radius 1 is 1.18 bits per heavy atom. The zero-order chi connectivity index (χ0) is 15.7. The van der Waals surface area contributed by atoms with E-state index in [1.165, 1.54) is 0 Å². The highest BCUT2D eigenvalue weighted by Gasteiger charge is 2.30. The predicted octanol–water partition coefficient (Wildman–Crippen LogP) is 3.32. The van der Waals surface area contributed by atoms with Crippen LogP contribution in [0.3, 0.4) is 0 Å². The van der Waals surface area contributed by atoms with Gasteiger partial charge < -0.3 is 5.32 Å².